The monoisotopic (exact) mass is 555 g/mol. The van der Waals surface area contributed by atoms with Gasteiger partial charge in [0.2, 0.25) is 0 Å². The van der Waals surface area contributed by atoms with Gasteiger partial charge in [0.25, 0.3) is 0 Å². The van der Waals surface area contributed by atoms with Gasteiger partial charge in [-0.05, 0) is 65.4 Å². The molecule has 0 saturated carbocycles. The molecule has 1 aliphatic rings. The number of carbonyl (C=O) groups is 2. The molecule has 0 unspecified atom stereocenters. The number of nitrogens with two attached hydrogens (primary N) is 2. The van der Waals surface area contributed by atoms with Gasteiger partial charge in [0, 0.05) is 18.9 Å². The SMILES string of the molecule is NC(=O)OC[C@@H]1CO[C@H](CCc2c(F)cccc2CC(=O)[C@@H](N)[C@@H](c2ccc(F)cc2)c2cccc(F)c2)CN1. The molecule has 212 valence electrons. The third-order valence-corrected chi connectivity index (χ3v) is 7.06. The molecule has 7 nitrogen and oxygen atoms in total. The van der Waals surface area contributed by atoms with Crippen molar-refractivity contribution in [3.8, 4) is 0 Å². The van der Waals surface area contributed by atoms with Crippen LogP contribution in [0.25, 0.3) is 0 Å². The molecule has 0 aromatic heterocycles. The molecule has 1 fully saturated rings. The van der Waals surface area contributed by atoms with Crippen LogP contribution in [0.1, 0.15) is 34.6 Å². The standard InChI is InChI=1S/C30H32F3N3O4/c31-21-9-7-18(8-10-21)28(20-4-1-5-22(32)13-20)29(34)27(37)14-19-3-2-6-26(33)25(19)12-11-24-15-36-23(16-39-24)17-40-30(35)38/h1-10,13,23-24,28-29,36H,11-12,14-17,34H2,(H2,35,38)/t23-,24+,28-,29+/m0/s1. The number of benzene rings is 3. The lowest BCUT2D eigenvalue weighted by molar-refractivity contribution is -0.119. The fourth-order valence-corrected chi connectivity index (χ4v) is 4.97. The summed E-state index contributed by atoms with van der Waals surface area (Å²) in [7, 11) is 0. The van der Waals surface area contributed by atoms with E-state index in [0.717, 1.165) is 0 Å². The van der Waals surface area contributed by atoms with Gasteiger partial charge in [-0.3, -0.25) is 4.79 Å². The lowest BCUT2D eigenvalue weighted by Crippen LogP contribution is -2.49. The predicted molar refractivity (Wildman–Crippen MR) is 143 cm³/mol. The van der Waals surface area contributed by atoms with Gasteiger partial charge in [-0.1, -0.05) is 36.4 Å². The van der Waals surface area contributed by atoms with Crippen molar-refractivity contribution in [2.45, 2.75) is 43.4 Å². The van der Waals surface area contributed by atoms with Crippen LogP contribution in [-0.4, -0.2) is 49.8 Å². The largest absolute Gasteiger partial charge is 0.448 e. The van der Waals surface area contributed by atoms with Gasteiger partial charge in [-0.15, -0.1) is 0 Å². The van der Waals surface area contributed by atoms with Gasteiger partial charge in [-0.2, -0.15) is 0 Å². The number of hydrogen-bond donors (Lipinski definition) is 3. The van der Waals surface area contributed by atoms with Crippen molar-refractivity contribution in [3.05, 3.63) is 106 Å². The molecule has 1 amide bonds. The van der Waals surface area contributed by atoms with E-state index < -0.39 is 35.5 Å². The third kappa shape index (κ3) is 7.68. The lowest BCUT2D eigenvalue weighted by atomic mass is 9.82. The Balaban J connectivity index is 1.46. The van der Waals surface area contributed by atoms with Gasteiger partial charge < -0.3 is 26.3 Å². The molecule has 1 saturated heterocycles. The number of Topliss-reactive ketones (excluding diaryl/α,β-unsaturated/α-hetero) is 1. The van der Waals surface area contributed by atoms with Crippen LogP contribution in [0.15, 0.2) is 66.7 Å². The molecule has 0 spiro atoms. The summed E-state index contributed by atoms with van der Waals surface area (Å²) >= 11 is 0. The highest BCUT2D eigenvalue weighted by atomic mass is 19.1. The number of hydrogen-bond acceptors (Lipinski definition) is 6. The van der Waals surface area contributed by atoms with E-state index in [1.54, 1.807) is 18.2 Å². The van der Waals surface area contributed by atoms with Gasteiger partial charge in [0.05, 0.1) is 24.8 Å². The first-order valence-electron chi connectivity index (χ1n) is 13.0. The number of rotatable bonds is 11. The first kappa shape index (κ1) is 29.3. The number of ether oxygens (including phenoxy) is 2. The van der Waals surface area contributed by atoms with Gasteiger partial charge in [-0.25, -0.2) is 18.0 Å². The van der Waals surface area contributed by atoms with Gasteiger partial charge >= 0.3 is 6.09 Å². The van der Waals surface area contributed by atoms with Crippen molar-refractivity contribution < 1.29 is 32.2 Å². The van der Waals surface area contributed by atoms with Crippen LogP contribution in [-0.2, 0) is 27.1 Å². The van der Waals surface area contributed by atoms with Crippen molar-refractivity contribution in [1.82, 2.24) is 5.32 Å². The molecular weight excluding hydrogens is 523 g/mol. The molecule has 4 rings (SSSR count). The Morgan fingerprint density at radius 1 is 1.00 bits per heavy atom. The number of morpholine rings is 1. The summed E-state index contributed by atoms with van der Waals surface area (Å²) in [4.78, 5) is 24.3. The van der Waals surface area contributed by atoms with E-state index >= 15 is 0 Å². The Kier molecular flexibility index (Phi) is 9.92. The summed E-state index contributed by atoms with van der Waals surface area (Å²) in [6, 6.07) is 14.7. The number of primary amides is 1. The van der Waals surface area contributed by atoms with E-state index in [-0.39, 0.29) is 31.0 Å². The van der Waals surface area contributed by atoms with Crippen LogP contribution in [0.2, 0.25) is 0 Å². The second kappa shape index (κ2) is 13.6. The van der Waals surface area contributed by atoms with Crippen molar-refractivity contribution in [2.24, 2.45) is 11.5 Å². The Morgan fingerprint density at radius 2 is 1.75 bits per heavy atom. The zero-order chi connectivity index (χ0) is 28.6. The van der Waals surface area contributed by atoms with Crippen LogP contribution in [0.5, 0.6) is 0 Å². The minimum absolute atomic E-state index is 0.0937. The topological polar surface area (TPSA) is 117 Å². The molecule has 1 heterocycles. The second-order valence-corrected chi connectivity index (χ2v) is 9.86. The zero-order valence-electron chi connectivity index (χ0n) is 21.8. The van der Waals surface area contributed by atoms with E-state index in [4.69, 9.17) is 20.9 Å². The maximum absolute atomic E-state index is 14.9. The highest BCUT2D eigenvalue weighted by molar-refractivity contribution is 5.87. The Labute approximate surface area is 230 Å². The zero-order valence-corrected chi connectivity index (χ0v) is 21.8. The Bertz CT molecular complexity index is 1310. The molecule has 3 aromatic carbocycles. The Morgan fingerprint density at radius 3 is 2.42 bits per heavy atom. The molecule has 4 atom stereocenters. The average Bonchev–Trinajstić information content (AvgIpc) is 2.93. The summed E-state index contributed by atoms with van der Waals surface area (Å²) < 4.78 is 53.2. The number of ketones is 1. The van der Waals surface area contributed by atoms with Crippen LogP contribution in [0, 0.1) is 17.5 Å². The molecule has 40 heavy (non-hydrogen) atoms. The summed E-state index contributed by atoms with van der Waals surface area (Å²) in [5.74, 6) is -2.46. The molecule has 5 N–H and O–H groups in total. The van der Waals surface area contributed by atoms with Gasteiger partial charge in [0.15, 0.2) is 5.78 Å². The van der Waals surface area contributed by atoms with E-state index in [9.17, 15) is 22.8 Å². The second-order valence-electron chi connectivity index (χ2n) is 9.86. The smallest absolute Gasteiger partial charge is 0.404 e. The molecule has 3 aromatic rings. The first-order chi connectivity index (χ1) is 19.2. The summed E-state index contributed by atoms with van der Waals surface area (Å²) in [6.45, 7) is 0.879. The highest BCUT2D eigenvalue weighted by Crippen LogP contribution is 2.30. The minimum Gasteiger partial charge on any atom is -0.448 e. The first-order valence-corrected chi connectivity index (χ1v) is 13.0. The molecule has 10 heteroatoms. The maximum Gasteiger partial charge on any atom is 0.404 e. The van der Waals surface area contributed by atoms with Gasteiger partial charge in [0.1, 0.15) is 24.1 Å². The van der Waals surface area contributed by atoms with Crippen molar-refractivity contribution in [1.29, 1.82) is 0 Å². The number of amides is 1. The minimum atomic E-state index is -1.09. The van der Waals surface area contributed by atoms with E-state index in [2.05, 4.69) is 5.32 Å². The fourth-order valence-electron chi connectivity index (χ4n) is 4.97. The maximum atomic E-state index is 14.9. The van der Waals surface area contributed by atoms with Crippen LogP contribution < -0.4 is 16.8 Å². The summed E-state index contributed by atoms with van der Waals surface area (Å²) in [6.07, 6.45) is -0.370. The predicted octanol–water partition coefficient (Wildman–Crippen LogP) is 3.76. The molecule has 1 aliphatic heterocycles. The molecule has 0 radical (unpaired) electrons. The summed E-state index contributed by atoms with van der Waals surface area (Å²) in [5.41, 5.74) is 13.4. The average molecular weight is 556 g/mol. The molecule has 0 bridgehead atoms. The van der Waals surface area contributed by atoms with E-state index in [1.807, 2.05) is 0 Å². The Hall–Kier alpha value is -3.73. The summed E-state index contributed by atoms with van der Waals surface area (Å²) in [5, 5.41) is 3.22. The fraction of sp³-hybridized carbons (Fsp3) is 0.333. The number of halogens is 3. The van der Waals surface area contributed by atoms with Crippen LogP contribution in [0.3, 0.4) is 0 Å². The number of nitrogens with one attached hydrogen (secondary N) is 1. The van der Waals surface area contributed by atoms with Crippen molar-refractivity contribution >= 4 is 11.9 Å². The normalized spacial score (nSPS) is 18.6. The van der Waals surface area contributed by atoms with E-state index in [0.29, 0.717) is 48.2 Å². The van der Waals surface area contributed by atoms with Crippen LogP contribution >= 0.6 is 0 Å². The molecular formula is C30H32F3N3O4. The quantitative estimate of drug-likeness (QED) is 0.332. The number of carbonyl (C=O) groups excluding carboxylic acids is 2. The third-order valence-electron chi connectivity index (χ3n) is 7.06. The van der Waals surface area contributed by atoms with Crippen molar-refractivity contribution in [2.75, 3.05) is 19.8 Å². The van der Waals surface area contributed by atoms with Crippen molar-refractivity contribution in [3.63, 3.8) is 0 Å². The highest BCUT2D eigenvalue weighted by Gasteiger charge is 2.29. The van der Waals surface area contributed by atoms with E-state index in [1.165, 1.54) is 48.5 Å². The van der Waals surface area contributed by atoms with Crippen LogP contribution in [0.4, 0.5) is 18.0 Å². The molecule has 0 aliphatic carbocycles. The lowest BCUT2D eigenvalue weighted by Gasteiger charge is -2.30.